The van der Waals surface area contributed by atoms with Crippen molar-refractivity contribution in [3.05, 3.63) is 35.6 Å². The molecule has 1 atom stereocenters. The van der Waals surface area contributed by atoms with Gasteiger partial charge in [0.2, 0.25) is 15.9 Å². The van der Waals surface area contributed by atoms with E-state index in [1.54, 1.807) is 17.0 Å². The number of carbonyl (C=O) groups excluding carboxylic acids is 1. The second-order valence-corrected chi connectivity index (χ2v) is 6.47. The maximum absolute atomic E-state index is 12.8. The maximum atomic E-state index is 12.8. The minimum absolute atomic E-state index is 0.106. The van der Waals surface area contributed by atoms with Crippen LogP contribution in [0.4, 0.5) is 4.39 Å². The summed E-state index contributed by atoms with van der Waals surface area (Å²) in [5.74, 6) is -0.432. The van der Waals surface area contributed by atoms with E-state index >= 15 is 0 Å². The molecule has 1 N–H and O–H groups in total. The summed E-state index contributed by atoms with van der Waals surface area (Å²) in [6, 6.07) is 5.51. The van der Waals surface area contributed by atoms with Gasteiger partial charge in [-0.25, -0.2) is 17.5 Å². The minimum Gasteiger partial charge on any atom is -0.337 e. The number of amides is 1. The molecule has 104 valence electrons. The third-order valence-electron chi connectivity index (χ3n) is 2.88. The molecule has 2 rings (SSSR count). The second-order valence-electron chi connectivity index (χ2n) is 4.69. The first-order valence-electron chi connectivity index (χ1n) is 5.83. The van der Waals surface area contributed by atoms with Crippen molar-refractivity contribution in [3.63, 3.8) is 0 Å². The molecule has 0 unspecified atom stereocenters. The van der Waals surface area contributed by atoms with E-state index in [1.165, 1.54) is 12.1 Å². The number of nitrogens with zero attached hydrogens (tertiary/aromatic N) is 1. The normalized spacial score (nSPS) is 20.0. The van der Waals surface area contributed by atoms with Crippen LogP contribution in [0.3, 0.4) is 0 Å². The van der Waals surface area contributed by atoms with Crippen molar-refractivity contribution in [1.29, 1.82) is 0 Å². The summed E-state index contributed by atoms with van der Waals surface area (Å²) in [6.45, 7) is 0.699. The highest BCUT2D eigenvalue weighted by atomic mass is 32.2. The molecule has 0 spiro atoms. The average molecular weight is 286 g/mol. The predicted octanol–water partition coefficient (Wildman–Crippen LogP) is 0.476. The number of hydrogen-bond donors (Lipinski definition) is 1. The van der Waals surface area contributed by atoms with Crippen LogP contribution in [-0.2, 0) is 21.4 Å². The number of nitrogens with one attached hydrogen (secondary N) is 1. The molecule has 1 aromatic rings. The van der Waals surface area contributed by atoms with Gasteiger partial charge in [0.1, 0.15) is 5.82 Å². The van der Waals surface area contributed by atoms with Crippen molar-refractivity contribution in [2.75, 3.05) is 12.8 Å². The Morgan fingerprint density at radius 1 is 1.37 bits per heavy atom. The Morgan fingerprint density at radius 3 is 2.58 bits per heavy atom. The van der Waals surface area contributed by atoms with Crippen LogP contribution < -0.4 is 4.72 Å². The largest absolute Gasteiger partial charge is 0.337 e. The van der Waals surface area contributed by atoms with E-state index in [1.807, 2.05) is 0 Å². The predicted molar refractivity (Wildman–Crippen MR) is 68.2 cm³/mol. The highest BCUT2D eigenvalue weighted by molar-refractivity contribution is 7.88. The molecule has 7 heteroatoms. The van der Waals surface area contributed by atoms with Crippen molar-refractivity contribution in [1.82, 2.24) is 9.62 Å². The topological polar surface area (TPSA) is 66.5 Å². The lowest BCUT2D eigenvalue weighted by atomic mass is 10.2. The first-order chi connectivity index (χ1) is 8.83. The van der Waals surface area contributed by atoms with Crippen molar-refractivity contribution in [2.45, 2.75) is 19.0 Å². The summed E-state index contributed by atoms with van der Waals surface area (Å²) >= 11 is 0. The van der Waals surface area contributed by atoms with Gasteiger partial charge in [-0.2, -0.15) is 0 Å². The molecular weight excluding hydrogens is 271 g/mol. The molecule has 1 aliphatic heterocycles. The number of halogens is 1. The first kappa shape index (κ1) is 14.0. The zero-order valence-corrected chi connectivity index (χ0v) is 11.3. The van der Waals surface area contributed by atoms with E-state index in [0.29, 0.717) is 13.1 Å². The van der Waals surface area contributed by atoms with Crippen LogP contribution in [0, 0.1) is 5.82 Å². The Balaban J connectivity index is 1.98. The van der Waals surface area contributed by atoms with Gasteiger partial charge in [0.15, 0.2) is 0 Å². The summed E-state index contributed by atoms with van der Waals surface area (Å²) in [5.41, 5.74) is 0.815. The Hall–Kier alpha value is -1.47. The van der Waals surface area contributed by atoms with Crippen molar-refractivity contribution in [3.8, 4) is 0 Å². The first-order valence-corrected chi connectivity index (χ1v) is 7.72. The summed E-state index contributed by atoms with van der Waals surface area (Å²) in [4.78, 5) is 13.3. The number of sulfonamides is 1. The highest BCUT2D eigenvalue weighted by Crippen LogP contribution is 2.15. The molecule has 1 aliphatic rings. The number of carbonyl (C=O) groups is 1. The Bertz CT molecular complexity index is 571. The van der Waals surface area contributed by atoms with E-state index in [9.17, 15) is 17.6 Å². The molecule has 1 fully saturated rings. The van der Waals surface area contributed by atoms with Crippen molar-refractivity contribution in [2.24, 2.45) is 0 Å². The number of benzene rings is 1. The molecule has 0 aromatic heterocycles. The quantitative estimate of drug-likeness (QED) is 0.875. The Kier molecular flexibility index (Phi) is 3.86. The lowest BCUT2D eigenvalue weighted by Crippen LogP contribution is -2.36. The van der Waals surface area contributed by atoms with Crippen molar-refractivity contribution < 1.29 is 17.6 Å². The molecule has 1 heterocycles. The molecule has 1 saturated heterocycles. The molecule has 0 radical (unpaired) electrons. The van der Waals surface area contributed by atoms with Gasteiger partial charge < -0.3 is 4.90 Å². The molecule has 0 aliphatic carbocycles. The molecule has 0 saturated carbocycles. The standard InChI is InChI=1S/C12H15FN2O3S/c1-19(17,18)14-11-6-12(16)15(8-11)7-9-2-4-10(13)5-3-9/h2-5,11,14H,6-8H2,1H3/t11-/m1/s1. The monoisotopic (exact) mass is 286 g/mol. The van der Waals surface area contributed by atoms with Crippen LogP contribution in [0.2, 0.25) is 0 Å². The maximum Gasteiger partial charge on any atom is 0.224 e. The third-order valence-corrected chi connectivity index (χ3v) is 3.64. The van der Waals surface area contributed by atoms with Crippen LogP contribution in [0.5, 0.6) is 0 Å². The third kappa shape index (κ3) is 4.00. The van der Waals surface area contributed by atoms with Gasteiger partial charge in [0, 0.05) is 25.6 Å². The zero-order chi connectivity index (χ0) is 14.0. The van der Waals surface area contributed by atoms with E-state index < -0.39 is 10.0 Å². The molecular formula is C12H15FN2O3S. The molecule has 1 amide bonds. The van der Waals surface area contributed by atoms with Crippen LogP contribution in [-0.4, -0.2) is 38.1 Å². The Labute approximate surface area is 111 Å². The van der Waals surface area contributed by atoms with E-state index in [2.05, 4.69) is 4.72 Å². The van der Waals surface area contributed by atoms with Gasteiger partial charge >= 0.3 is 0 Å². The second kappa shape index (κ2) is 5.26. The summed E-state index contributed by atoms with van der Waals surface area (Å²) < 4.78 is 37.4. The Morgan fingerprint density at radius 2 is 2.00 bits per heavy atom. The van der Waals surface area contributed by atoms with Gasteiger partial charge in [-0.1, -0.05) is 12.1 Å². The molecule has 1 aromatic carbocycles. The fraction of sp³-hybridized carbons (Fsp3) is 0.417. The van der Waals surface area contributed by atoms with Crippen LogP contribution >= 0.6 is 0 Å². The summed E-state index contributed by atoms with van der Waals surface area (Å²) in [5, 5.41) is 0. The van der Waals surface area contributed by atoms with Gasteiger partial charge in [0.05, 0.1) is 6.26 Å². The van der Waals surface area contributed by atoms with Crippen molar-refractivity contribution >= 4 is 15.9 Å². The van der Waals surface area contributed by atoms with Gasteiger partial charge in [-0.3, -0.25) is 4.79 Å². The average Bonchev–Trinajstić information content (AvgIpc) is 2.60. The smallest absolute Gasteiger partial charge is 0.224 e. The van der Waals surface area contributed by atoms with E-state index in [0.717, 1.165) is 11.8 Å². The van der Waals surface area contributed by atoms with Crippen LogP contribution in [0.25, 0.3) is 0 Å². The minimum atomic E-state index is -3.31. The SMILES string of the molecule is CS(=O)(=O)N[C@@H]1CC(=O)N(Cc2ccc(F)cc2)C1. The van der Waals surface area contributed by atoms with E-state index in [4.69, 9.17) is 0 Å². The molecule has 19 heavy (non-hydrogen) atoms. The van der Waals surface area contributed by atoms with Gasteiger partial charge in [-0.15, -0.1) is 0 Å². The highest BCUT2D eigenvalue weighted by Gasteiger charge is 2.31. The number of hydrogen-bond acceptors (Lipinski definition) is 3. The van der Waals surface area contributed by atoms with Gasteiger partial charge in [-0.05, 0) is 17.7 Å². The lowest BCUT2D eigenvalue weighted by Gasteiger charge is -2.16. The summed E-state index contributed by atoms with van der Waals surface area (Å²) in [7, 11) is -3.31. The summed E-state index contributed by atoms with van der Waals surface area (Å²) in [6.07, 6.45) is 1.23. The fourth-order valence-corrected chi connectivity index (χ4v) is 2.88. The van der Waals surface area contributed by atoms with Crippen LogP contribution in [0.15, 0.2) is 24.3 Å². The lowest BCUT2D eigenvalue weighted by molar-refractivity contribution is -0.128. The van der Waals surface area contributed by atoms with E-state index in [-0.39, 0.29) is 24.2 Å². The number of rotatable bonds is 4. The van der Waals surface area contributed by atoms with Gasteiger partial charge in [0.25, 0.3) is 0 Å². The molecule has 5 nitrogen and oxygen atoms in total. The molecule has 0 bridgehead atoms. The fourth-order valence-electron chi connectivity index (χ4n) is 2.12. The van der Waals surface area contributed by atoms with Crippen LogP contribution in [0.1, 0.15) is 12.0 Å². The number of likely N-dealkylation sites (tertiary alicyclic amines) is 1. The zero-order valence-electron chi connectivity index (χ0n) is 10.5.